The Kier molecular flexibility index (Phi) is 5.96. The maximum absolute atomic E-state index is 12.7. The minimum absolute atomic E-state index is 0.182. The van der Waals surface area contributed by atoms with Gasteiger partial charge in [0.1, 0.15) is 0 Å². The van der Waals surface area contributed by atoms with Crippen molar-refractivity contribution in [3.05, 3.63) is 40.7 Å². The van der Waals surface area contributed by atoms with Gasteiger partial charge >= 0.3 is 0 Å². The lowest BCUT2D eigenvalue weighted by molar-refractivity contribution is -0.131. The first-order chi connectivity index (χ1) is 14.0. The summed E-state index contributed by atoms with van der Waals surface area (Å²) < 4.78 is 12.6. The molecule has 1 atom stereocenters. The van der Waals surface area contributed by atoms with Crippen LogP contribution >= 0.6 is 11.6 Å². The van der Waals surface area contributed by atoms with Crippen LogP contribution in [0.2, 0.25) is 5.02 Å². The van der Waals surface area contributed by atoms with Gasteiger partial charge in [-0.1, -0.05) is 11.6 Å². The predicted octanol–water partition coefficient (Wildman–Crippen LogP) is 2.86. The molecule has 7 nitrogen and oxygen atoms in total. The first-order valence-electron chi connectivity index (χ1n) is 10.0. The summed E-state index contributed by atoms with van der Waals surface area (Å²) in [6, 6.07) is 4.06. The Morgan fingerprint density at radius 1 is 1.28 bits per heavy atom. The first-order valence-corrected chi connectivity index (χ1v) is 10.4. The summed E-state index contributed by atoms with van der Waals surface area (Å²) in [7, 11) is 4.08. The standard InChI is InChI=1S/C21H27ClN4O3/c1-24(7-5-15-11-23-25(2)12-15)17-3-4-21(27)26(8-6-17)13-16-9-19-20(10-18(16)22)29-14-28-19/h9-12,17H,3-8,13-14H2,1-2H3/t17-/m0/s1. The minimum Gasteiger partial charge on any atom is -0.454 e. The Balaban J connectivity index is 1.35. The van der Waals surface area contributed by atoms with Crippen LogP contribution in [0.4, 0.5) is 0 Å². The fourth-order valence-electron chi connectivity index (χ4n) is 4.01. The van der Waals surface area contributed by atoms with Crippen LogP contribution < -0.4 is 9.47 Å². The zero-order valence-corrected chi connectivity index (χ0v) is 17.7. The number of ether oxygens (including phenoxy) is 2. The number of hydrogen-bond donors (Lipinski definition) is 0. The monoisotopic (exact) mass is 418 g/mol. The van der Waals surface area contributed by atoms with E-state index in [0.717, 1.165) is 37.9 Å². The molecule has 3 heterocycles. The number of likely N-dealkylation sites (tertiary alicyclic amines) is 1. The van der Waals surface area contributed by atoms with Crippen molar-refractivity contribution in [3.8, 4) is 11.5 Å². The number of amides is 1. The predicted molar refractivity (Wildman–Crippen MR) is 110 cm³/mol. The molecular weight excluding hydrogens is 392 g/mol. The van der Waals surface area contributed by atoms with Crippen molar-refractivity contribution in [1.82, 2.24) is 19.6 Å². The number of aryl methyl sites for hydroxylation is 1. The van der Waals surface area contributed by atoms with Crippen molar-refractivity contribution in [2.24, 2.45) is 7.05 Å². The van der Waals surface area contributed by atoms with Crippen molar-refractivity contribution >= 4 is 17.5 Å². The lowest BCUT2D eigenvalue weighted by atomic mass is 10.1. The molecule has 0 aliphatic carbocycles. The number of carbonyl (C=O) groups excluding carboxylic acids is 1. The maximum Gasteiger partial charge on any atom is 0.231 e. The van der Waals surface area contributed by atoms with Crippen molar-refractivity contribution in [2.75, 3.05) is 26.9 Å². The van der Waals surface area contributed by atoms with Gasteiger partial charge in [0.05, 0.1) is 6.20 Å². The van der Waals surface area contributed by atoms with Crippen molar-refractivity contribution in [3.63, 3.8) is 0 Å². The molecular formula is C21H27ClN4O3. The average Bonchev–Trinajstić information content (AvgIpc) is 3.28. The van der Waals surface area contributed by atoms with E-state index in [2.05, 4.69) is 23.2 Å². The van der Waals surface area contributed by atoms with Crippen LogP contribution in [0.15, 0.2) is 24.5 Å². The summed E-state index contributed by atoms with van der Waals surface area (Å²) in [5.74, 6) is 1.54. The number of fused-ring (bicyclic) bond motifs is 1. The molecule has 1 amide bonds. The number of nitrogens with zero attached hydrogens (tertiary/aromatic N) is 4. The van der Waals surface area contributed by atoms with E-state index in [0.29, 0.717) is 35.5 Å². The van der Waals surface area contributed by atoms with E-state index in [9.17, 15) is 4.79 Å². The molecule has 156 valence electrons. The number of benzene rings is 1. The normalized spacial score (nSPS) is 19.1. The molecule has 1 aromatic carbocycles. The Morgan fingerprint density at radius 2 is 2.07 bits per heavy atom. The van der Waals surface area contributed by atoms with Gasteiger partial charge in [-0.05, 0) is 43.5 Å². The van der Waals surface area contributed by atoms with Crippen LogP contribution in [-0.2, 0) is 24.8 Å². The molecule has 2 aliphatic rings. The zero-order valence-electron chi connectivity index (χ0n) is 16.9. The highest BCUT2D eigenvalue weighted by Gasteiger charge is 2.26. The van der Waals surface area contributed by atoms with E-state index < -0.39 is 0 Å². The zero-order chi connectivity index (χ0) is 20.4. The van der Waals surface area contributed by atoms with E-state index in [1.165, 1.54) is 5.56 Å². The fraction of sp³-hybridized carbons (Fsp3) is 0.524. The van der Waals surface area contributed by atoms with Crippen molar-refractivity contribution < 1.29 is 14.3 Å². The molecule has 1 aromatic heterocycles. The van der Waals surface area contributed by atoms with E-state index in [-0.39, 0.29) is 12.7 Å². The molecule has 0 saturated carbocycles. The maximum atomic E-state index is 12.7. The molecule has 2 aromatic rings. The number of aromatic nitrogens is 2. The Morgan fingerprint density at radius 3 is 2.83 bits per heavy atom. The second kappa shape index (κ2) is 8.63. The quantitative estimate of drug-likeness (QED) is 0.722. The number of likely N-dealkylation sites (N-methyl/N-ethyl adjacent to an activating group) is 1. The van der Waals surface area contributed by atoms with Gasteiger partial charge in [0.25, 0.3) is 0 Å². The van der Waals surface area contributed by atoms with Gasteiger partial charge in [0, 0.05) is 56.4 Å². The SMILES string of the molecule is CN(CCc1cnn(C)c1)[C@H]1CCC(=O)N(Cc2cc3c(cc2Cl)OCO3)CC1. The van der Waals surface area contributed by atoms with Crippen molar-refractivity contribution in [2.45, 2.75) is 38.3 Å². The number of halogens is 1. The molecule has 0 radical (unpaired) electrons. The third kappa shape index (κ3) is 4.67. The molecule has 29 heavy (non-hydrogen) atoms. The van der Waals surface area contributed by atoms with Gasteiger partial charge in [0.2, 0.25) is 12.7 Å². The molecule has 1 fully saturated rings. The highest BCUT2D eigenvalue weighted by Crippen LogP contribution is 2.37. The molecule has 1 saturated heterocycles. The van der Waals surface area contributed by atoms with Gasteiger partial charge in [0.15, 0.2) is 11.5 Å². The average molecular weight is 419 g/mol. The summed E-state index contributed by atoms with van der Waals surface area (Å²) in [4.78, 5) is 17.0. The second-order valence-electron chi connectivity index (χ2n) is 7.85. The second-order valence-corrected chi connectivity index (χ2v) is 8.25. The lowest BCUT2D eigenvalue weighted by Gasteiger charge is -2.27. The Bertz CT molecular complexity index is 885. The third-order valence-electron chi connectivity index (χ3n) is 5.81. The summed E-state index contributed by atoms with van der Waals surface area (Å²) >= 11 is 6.41. The molecule has 8 heteroatoms. The smallest absolute Gasteiger partial charge is 0.231 e. The summed E-state index contributed by atoms with van der Waals surface area (Å²) in [5, 5.41) is 4.84. The van der Waals surface area contributed by atoms with Crippen molar-refractivity contribution in [1.29, 1.82) is 0 Å². The first kappa shape index (κ1) is 20.0. The van der Waals surface area contributed by atoms with E-state index in [4.69, 9.17) is 21.1 Å². The fourth-order valence-corrected chi connectivity index (χ4v) is 4.22. The number of hydrogen-bond acceptors (Lipinski definition) is 5. The van der Waals surface area contributed by atoms with E-state index in [1.807, 2.05) is 28.9 Å². The van der Waals surface area contributed by atoms with Crippen LogP contribution in [0.1, 0.15) is 30.4 Å². The molecule has 0 spiro atoms. The summed E-state index contributed by atoms with van der Waals surface area (Å²) in [6.45, 7) is 2.40. The van der Waals surface area contributed by atoms with E-state index in [1.54, 1.807) is 6.07 Å². The molecule has 0 N–H and O–H groups in total. The van der Waals surface area contributed by atoms with Gasteiger partial charge in [-0.25, -0.2) is 0 Å². The highest BCUT2D eigenvalue weighted by molar-refractivity contribution is 6.31. The highest BCUT2D eigenvalue weighted by atomic mass is 35.5. The minimum atomic E-state index is 0.182. The van der Waals surface area contributed by atoms with Gasteiger partial charge < -0.3 is 19.3 Å². The van der Waals surface area contributed by atoms with Crippen LogP contribution in [-0.4, -0.2) is 58.5 Å². The molecule has 0 unspecified atom stereocenters. The van der Waals surface area contributed by atoms with Gasteiger partial charge in [-0.2, -0.15) is 5.10 Å². The van der Waals surface area contributed by atoms with Gasteiger partial charge in [-0.15, -0.1) is 0 Å². The Hall–Kier alpha value is -2.25. The van der Waals surface area contributed by atoms with Crippen LogP contribution in [0, 0.1) is 0 Å². The molecule has 4 rings (SSSR count). The molecule has 2 aliphatic heterocycles. The van der Waals surface area contributed by atoms with Crippen LogP contribution in [0.3, 0.4) is 0 Å². The summed E-state index contributed by atoms with van der Waals surface area (Å²) in [6.07, 6.45) is 7.34. The lowest BCUT2D eigenvalue weighted by Crippen LogP contribution is -2.34. The largest absolute Gasteiger partial charge is 0.454 e. The van der Waals surface area contributed by atoms with E-state index >= 15 is 0 Å². The topological polar surface area (TPSA) is 59.8 Å². The van der Waals surface area contributed by atoms with Crippen LogP contribution in [0.5, 0.6) is 11.5 Å². The number of carbonyl (C=O) groups is 1. The Labute approximate surface area is 176 Å². The summed E-state index contributed by atoms with van der Waals surface area (Å²) in [5.41, 5.74) is 2.13. The number of rotatable bonds is 6. The third-order valence-corrected chi connectivity index (χ3v) is 6.17. The molecule has 0 bridgehead atoms. The van der Waals surface area contributed by atoms with Crippen LogP contribution in [0.25, 0.3) is 0 Å². The van der Waals surface area contributed by atoms with Gasteiger partial charge in [-0.3, -0.25) is 9.48 Å².